The molecule has 0 saturated carbocycles. The highest BCUT2D eigenvalue weighted by molar-refractivity contribution is 7.99. The molecule has 1 aliphatic heterocycles. The Morgan fingerprint density at radius 1 is 1.00 bits per heavy atom. The van der Waals surface area contributed by atoms with Crippen LogP contribution in [0.3, 0.4) is 0 Å². The van der Waals surface area contributed by atoms with Gasteiger partial charge in [-0.25, -0.2) is 4.57 Å². The van der Waals surface area contributed by atoms with Crippen LogP contribution in [0.2, 0.25) is 0 Å². The van der Waals surface area contributed by atoms with E-state index in [2.05, 4.69) is 15.2 Å². The number of hydrogen-bond acceptors (Lipinski definition) is 6. The Labute approximate surface area is 242 Å². The summed E-state index contributed by atoms with van der Waals surface area (Å²) >= 11 is 1.58. The first-order valence-corrected chi connectivity index (χ1v) is 15.7. The van der Waals surface area contributed by atoms with Gasteiger partial charge in [0.1, 0.15) is 17.8 Å². The number of hydrogen-bond donors (Lipinski definition) is 4. The van der Waals surface area contributed by atoms with Gasteiger partial charge in [0.2, 0.25) is 17.7 Å². The second kappa shape index (κ2) is 13.8. The third-order valence-corrected chi connectivity index (χ3v) is 7.92. The van der Waals surface area contributed by atoms with Crippen molar-refractivity contribution in [1.29, 1.82) is 0 Å². The van der Waals surface area contributed by atoms with E-state index in [9.17, 15) is 18.9 Å². The topological polar surface area (TPSA) is 145 Å². The highest BCUT2D eigenvalue weighted by Gasteiger charge is 2.31. The second-order valence-electron chi connectivity index (χ2n) is 9.64. The van der Waals surface area contributed by atoms with E-state index >= 15 is 0 Å². The maximum absolute atomic E-state index is 13.5. The van der Waals surface area contributed by atoms with Crippen LogP contribution in [0.1, 0.15) is 18.1 Å². The Kier molecular flexibility index (Phi) is 10.2. The van der Waals surface area contributed by atoms with Crippen LogP contribution in [0.25, 0.3) is 11.1 Å². The predicted octanol–water partition coefficient (Wildman–Crippen LogP) is 3.13. The monoisotopic (exact) mass is 597 g/mol. The van der Waals surface area contributed by atoms with Crippen molar-refractivity contribution < 1.29 is 33.3 Å². The first-order chi connectivity index (χ1) is 19.6. The Morgan fingerprint density at radius 3 is 2.27 bits per heavy atom. The molecule has 0 radical (unpaired) electrons. The van der Waals surface area contributed by atoms with Crippen LogP contribution in [0.15, 0.2) is 78.9 Å². The average molecular weight is 598 g/mol. The summed E-state index contributed by atoms with van der Waals surface area (Å²) in [7, 11) is -4.70. The van der Waals surface area contributed by atoms with Crippen LogP contribution in [0.5, 0.6) is 5.75 Å². The summed E-state index contributed by atoms with van der Waals surface area (Å²) in [4.78, 5) is 58.3. The van der Waals surface area contributed by atoms with Crippen molar-refractivity contribution in [3.05, 3.63) is 90.0 Å². The first-order valence-electron chi connectivity index (χ1n) is 13.0. The third kappa shape index (κ3) is 9.19. The van der Waals surface area contributed by atoms with Gasteiger partial charge in [-0.1, -0.05) is 66.7 Å². The zero-order valence-corrected chi connectivity index (χ0v) is 24.1. The first kappa shape index (κ1) is 30.3. The fourth-order valence-electron chi connectivity index (χ4n) is 4.48. The lowest BCUT2D eigenvalue weighted by Gasteiger charge is -2.26. The number of amides is 3. The van der Waals surface area contributed by atoms with E-state index in [4.69, 9.17) is 9.79 Å². The summed E-state index contributed by atoms with van der Waals surface area (Å²) < 4.78 is 15.6. The molecule has 0 aromatic heterocycles. The maximum Gasteiger partial charge on any atom is 0.524 e. The smallest absolute Gasteiger partial charge is 0.404 e. The van der Waals surface area contributed by atoms with Gasteiger partial charge in [-0.2, -0.15) is 11.8 Å². The molecular weight excluding hydrogens is 565 g/mol. The summed E-state index contributed by atoms with van der Waals surface area (Å²) in [5.74, 6) is 0.0279. The van der Waals surface area contributed by atoms with Gasteiger partial charge in [0.05, 0.1) is 0 Å². The highest BCUT2D eigenvalue weighted by Crippen LogP contribution is 2.37. The maximum atomic E-state index is 13.5. The van der Waals surface area contributed by atoms with E-state index in [0.717, 1.165) is 22.4 Å². The standard InChI is InChI=1S/C29H32N3O7PS/c1-20(33)30-26(17-21-9-13-25(14-10-21)39-40(36,37)38)28(34)31-27-19-41-16-15-32(29(27)35)18-22-7-11-24(12-8-22)23-5-3-2-4-6-23/h2-14,26-27H,15-19H2,1H3,(H,30,33)(H,31,34)(H2,36,37,38)/t26-,27+/m1/s1. The number of phosphoric ester groups is 1. The molecule has 1 saturated heterocycles. The number of nitrogens with one attached hydrogen (secondary N) is 2. The summed E-state index contributed by atoms with van der Waals surface area (Å²) in [6.07, 6.45) is 0.104. The van der Waals surface area contributed by atoms with Gasteiger partial charge in [-0.15, -0.1) is 0 Å². The molecule has 41 heavy (non-hydrogen) atoms. The Bertz CT molecular complexity index is 1400. The quantitative estimate of drug-likeness (QED) is 0.261. The largest absolute Gasteiger partial charge is 0.524 e. The van der Waals surface area contributed by atoms with E-state index in [0.29, 0.717) is 24.4 Å². The van der Waals surface area contributed by atoms with E-state index in [-0.39, 0.29) is 18.1 Å². The van der Waals surface area contributed by atoms with E-state index in [1.165, 1.54) is 19.1 Å². The van der Waals surface area contributed by atoms with Gasteiger partial charge >= 0.3 is 7.82 Å². The van der Waals surface area contributed by atoms with E-state index in [1.807, 2.05) is 54.6 Å². The highest BCUT2D eigenvalue weighted by atomic mass is 32.2. The third-order valence-electron chi connectivity index (χ3n) is 6.43. The molecule has 3 aromatic carbocycles. The van der Waals surface area contributed by atoms with Crippen molar-refractivity contribution in [3.8, 4) is 16.9 Å². The molecule has 1 aliphatic rings. The van der Waals surface area contributed by atoms with Crippen LogP contribution >= 0.6 is 19.6 Å². The van der Waals surface area contributed by atoms with Crippen molar-refractivity contribution >= 4 is 37.3 Å². The molecule has 0 bridgehead atoms. The number of carbonyl (C=O) groups excluding carboxylic acids is 3. The summed E-state index contributed by atoms with van der Waals surface area (Å²) in [6, 6.07) is 22.2. The molecule has 12 heteroatoms. The van der Waals surface area contributed by atoms with Gasteiger partial charge in [0, 0.05) is 37.9 Å². The van der Waals surface area contributed by atoms with Crippen molar-refractivity contribution in [2.45, 2.75) is 32.0 Å². The number of benzene rings is 3. The normalized spacial score (nSPS) is 16.4. The van der Waals surface area contributed by atoms with Gasteiger partial charge in [0.15, 0.2) is 0 Å². The molecule has 0 aliphatic carbocycles. The van der Waals surface area contributed by atoms with Crippen LogP contribution in [-0.2, 0) is 31.9 Å². The van der Waals surface area contributed by atoms with Crippen molar-refractivity contribution in [2.75, 3.05) is 18.1 Å². The van der Waals surface area contributed by atoms with Crippen molar-refractivity contribution in [3.63, 3.8) is 0 Å². The zero-order chi connectivity index (χ0) is 29.4. The Hall–Kier alpha value is -3.63. The molecule has 1 heterocycles. The zero-order valence-electron chi connectivity index (χ0n) is 22.4. The van der Waals surface area contributed by atoms with Crippen LogP contribution in [-0.4, -0.2) is 62.5 Å². The SMILES string of the molecule is CC(=O)N[C@H](Cc1ccc(OP(=O)(O)O)cc1)C(=O)N[C@H]1CSCCN(Cc2ccc(-c3ccccc3)cc2)C1=O. The number of phosphoric acid groups is 1. The molecule has 4 rings (SSSR count). The molecule has 216 valence electrons. The minimum absolute atomic E-state index is 0.0292. The summed E-state index contributed by atoms with van der Waals surface area (Å²) in [5.41, 5.74) is 3.81. The average Bonchev–Trinajstić information content (AvgIpc) is 3.10. The molecule has 10 nitrogen and oxygen atoms in total. The molecule has 3 aromatic rings. The Morgan fingerprint density at radius 2 is 1.63 bits per heavy atom. The van der Waals surface area contributed by atoms with Gasteiger partial charge in [-0.3, -0.25) is 24.2 Å². The number of rotatable bonds is 10. The van der Waals surface area contributed by atoms with Crippen molar-refractivity contribution in [1.82, 2.24) is 15.5 Å². The number of carbonyl (C=O) groups is 3. The molecule has 0 spiro atoms. The predicted molar refractivity (Wildman–Crippen MR) is 157 cm³/mol. The molecule has 4 N–H and O–H groups in total. The van der Waals surface area contributed by atoms with E-state index < -0.39 is 31.7 Å². The van der Waals surface area contributed by atoms with E-state index in [1.54, 1.807) is 28.8 Å². The van der Waals surface area contributed by atoms with Crippen LogP contribution in [0, 0.1) is 0 Å². The van der Waals surface area contributed by atoms with Crippen molar-refractivity contribution in [2.24, 2.45) is 0 Å². The van der Waals surface area contributed by atoms with Gasteiger partial charge < -0.3 is 20.1 Å². The van der Waals surface area contributed by atoms with Gasteiger partial charge in [-0.05, 0) is 34.4 Å². The van der Waals surface area contributed by atoms with Crippen LogP contribution in [0.4, 0.5) is 0 Å². The molecule has 0 unspecified atom stereocenters. The number of thioether (sulfide) groups is 1. The minimum Gasteiger partial charge on any atom is -0.404 e. The molecular formula is C29H32N3O7PS. The summed E-state index contributed by atoms with van der Waals surface area (Å²) in [5, 5.41) is 5.46. The Balaban J connectivity index is 1.41. The van der Waals surface area contributed by atoms with Crippen LogP contribution < -0.4 is 15.2 Å². The summed E-state index contributed by atoms with van der Waals surface area (Å²) in [6.45, 7) is 2.27. The lowest BCUT2D eigenvalue weighted by Crippen LogP contribution is -2.55. The minimum atomic E-state index is -4.70. The fraction of sp³-hybridized carbons (Fsp3) is 0.276. The second-order valence-corrected chi connectivity index (χ2v) is 12.0. The number of nitrogens with zero attached hydrogens (tertiary/aromatic N) is 1. The molecule has 2 atom stereocenters. The molecule has 1 fully saturated rings. The van der Waals surface area contributed by atoms with Gasteiger partial charge in [0.25, 0.3) is 0 Å². The fourth-order valence-corrected chi connectivity index (χ4v) is 5.85. The molecule has 3 amide bonds. The lowest BCUT2D eigenvalue weighted by molar-refractivity contribution is -0.136. The lowest BCUT2D eigenvalue weighted by atomic mass is 10.0.